The molecule has 3 aliphatic heterocycles. The van der Waals surface area contributed by atoms with E-state index >= 15 is 0 Å². The van der Waals surface area contributed by atoms with Crippen LogP contribution in [0.15, 0.2) is 24.5 Å². The Kier molecular flexibility index (Phi) is 4.81. The van der Waals surface area contributed by atoms with Crippen molar-refractivity contribution in [2.24, 2.45) is 5.92 Å². The minimum atomic E-state index is 0.377. The van der Waals surface area contributed by atoms with Gasteiger partial charge in [0.15, 0.2) is 0 Å². The Morgan fingerprint density at radius 2 is 1.92 bits per heavy atom. The van der Waals surface area contributed by atoms with E-state index in [0.29, 0.717) is 23.9 Å². The topological polar surface area (TPSA) is 48.5 Å². The zero-order valence-electron chi connectivity index (χ0n) is 14.4. The molecule has 1 N–H and O–H groups in total. The number of hydrogen-bond donors (Lipinski definition) is 1. The largest absolute Gasteiger partial charge is 0.340 e. The minimum Gasteiger partial charge on any atom is -0.340 e. The van der Waals surface area contributed by atoms with Crippen LogP contribution in [-0.4, -0.2) is 59.0 Å². The number of carbonyl (C=O) groups is 1. The van der Waals surface area contributed by atoms with E-state index in [1.165, 1.54) is 31.2 Å². The second-order valence-corrected chi connectivity index (χ2v) is 7.70. The molecule has 0 aliphatic carbocycles. The molecule has 4 heterocycles. The Labute approximate surface area is 144 Å². The first kappa shape index (κ1) is 16.0. The van der Waals surface area contributed by atoms with Gasteiger partial charge >= 0.3 is 0 Å². The van der Waals surface area contributed by atoms with Gasteiger partial charge in [-0.3, -0.25) is 14.7 Å². The number of rotatable bonds is 4. The molecule has 5 heteroatoms. The van der Waals surface area contributed by atoms with E-state index in [9.17, 15) is 4.79 Å². The van der Waals surface area contributed by atoms with Gasteiger partial charge < -0.3 is 10.2 Å². The molecule has 0 spiro atoms. The first-order valence-electron chi connectivity index (χ1n) is 9.41. The van der Waals surface area contributed by atoms with Crippen molar-refractivity contribution < 1.29 is 4.79 Å². The lowest BCUT2D eigenvalue weighted by Crippen LogP contribution is -2.49. The SMILES string of the molecule is O=C(CC1CC2CCC(C1)N2)N1CCN(Cc2cccnc2)CC1. The van der Waals surface area contributed by atoms with Crippen molar-refractivity contribution in [2.45, 2.75) is 50.7 Å². The van der Waals surface area contributed by atoms with Crippen molar-refractivity contribution in [1.29, 1.82) is 0 Å². The summed E-state index contributed by atoms with van der Waals surface area (Å²) in [6.07, 6.45) is 9.52. The lowest BCUT2D eigenvalue weighted by Gasteiger charge is -2.36. The standard InChI is InChI=1S/C19H28N4O/c24-19(12-16-10-17-3-4-18(11-16)21-17)23-8-6-22(7-9-23)14-15-2-1-5-20-13-15/h1-2,5,13,16-18,21H,3-4,6-12,14H2. The molecule has 0 radical (unpaired) electrons. The first-order valence-corrected chi connectivity index (χ1v) is 9.41. The summed E-state index contributed by atoms with van der Waals surface area (Å²) in [4.78, 5) is 21.3. The maximum absolute atomic E-state index is 12.6. The van der Waals surface area contributed by atoms with Crippen molar-refractivity contribution >= 4 is 5.91 Å². The molecular weight excluding hydrogens is 300 g/mol. The molecule has 0 saturated carbocycles. The number of piperidine rings is 1. The van der Waals surface area contributed by atoms with Crippen LogP contribution in [0.25, 0.3) is 0 Å². The van der Waals surface area contributed by atoms with Crippen molar-refractivity contribution in [3.63, 3.8) is 0 Å². The molecule has 1 aromatic rings. The number of fused-ring (bicyclic) bond motifs is 2. The Hall–Kier alpha value is -1.46. The van der Waals surface area contributed by atoms with Gasteiger partial charge in [-0.15, -0.1) is 0 Å². The Morgan fingerprint density at radius 1 is 1.17 bits per heavy atom. The van der Waals surface area contributed by atoms with E-state index in [1.54, 1.807) is 0 Å². The second-order valence-electron chi connectivity index (χ2n) is 7.70. The second kappa shape index (κ2) is 7.19. The minimum absolute atomic E-state index is 0.377. The average Bonchev–Trinajstić information content (AvgIpc) is 2.95. The molecule has 1 aromatic heterocycles. The maximum Gasteiger partial charge on any atom is 0.222 e. The van der Waals surface area contributed by atoms with Crippen LogP contribution in [0.3, 0.4) is 0 Å². The third kappa shape index (κ3) is 3.78. The summed E-state index contributed by atoms with van der Waals surface area (Å²) in [5.41, 5.74) is 1.25. The van der Waals surface area contributed by atoms with Crippen LogP contribution in [-0.2, 0) is 11.3 Å². The summed E-state index contributed by atoms with van der Waals surface area (Å²) in [5, 5.41) is 3.67. The van der Waals surface area contributed by atoms with Gasteiger partial charge in [0.2, 0.25) is 5.91 Å². The zero-order chi connectivity index (χ0) is 16.4. The van der Waals surface area contributed by atoms with Crippen LogP contribution >= 0.6 is 0 Å². The van der Waals surface area contributed by atoms with E-state index in [0.717, 1.165) is 39.1 Å². The van der Waals surface area contributed by atoms with Crippen molar-refractivity contribution in [3.8, 4) is 0 Å². The molecular formula is C19H28N4O. The average molecular weight is 328 g/mol. The predicted molar refractivity (Wildman–Crippen MR) is 93.4 cm³/mol. The number of nitrogens with zero attached hydrogens (tertiary/aromatic N) is 3. The number of hydrogen-bond acceptors (Lipinski definition) is 4. The fourth-order valence-electron chi connectivity index (χ4n) is 4.62. The van der Waals surface area contributed by atoms with Crippen molar-refractivity contribution in [2.75, 3.05) is 26.2 Å². The van der Waals surface area contributed by atoms with Gasteiger partial charge in [-0.1, -0.05) is 6.07 Å². The van der Waals surface area contributed by atoms with Crippen LogP contribution in [0.2, 0.25) is 0 Å². The highest BCUT2D eigenvalue weighted by Gasteiger charge is 2.35. The normalized spacial score (nSPS) is 30.5. The number of nitrogens with one attached hydrogen (secondary N) is 1. The number of aromatic nitrogens is 1. The molecule has 0 aromatic carbocycles. The molecule has 4 rings (SSSR count). The first-order chi connectivity index (χ1) is 11.8. The van der Waals surface area contributed by atoms with Gasteiger partial charge in [-0.2, -0.15) is 0 Å². The number of piperazine rings is 1. The van der Waals surface area contributed by atoms with E-state index in [2.05, 4.69) is 26.2 Å². The molecule has 24 heavy (non-hydrogen) atoms. The van der Waals surface area contributed by atoms with E-state index in [-0.39, 0.29) is 0 Å². The quantitative estimate of drug-likeness (QED) is 0.913. The van der Waals surface area contributed by atoms with Crippen LogP contribution in [0.1, 0.15) is 37.7 Å². The van der Waals surface area contributed by atoms with Crippen molar-refractivity contribution in [1.82, 2.24) is 20.1 Å². The van der Waals surface area contributed by atoms with Gasteiger partial charge in [0, 0.05) is 63.6 Å². The number of amides is 1. The smallest absolute Gasteiger partial charge is 0.222 e. The fraction of sp³-hybridized carbons (Fsp3) is 0.684. The van der Waals surface area contributed by atoms with Gasteiger partial charge in [-0.05, 0) is 43.2 Å². The molecule has 2 atom stereocenters. The molecule has 5 nitrogen and oxygen atoms in total. The highest BCUT2D eigenvalue weighted by molar-refractivity contribution is 5.76. The summed E-state index contributed by atoms with van der Waals surface area (Å²) in [7, 11) is 0. The molecule has 3 fully saturated rings. The summed E-state index contributed by atoms with van der Waals surface area (Å²) in [6, 6.07) is 5.47. The van der Waals surface area contributed by atoms with E-state index in [4.69, 9.17) is 0 Å². The third-order valence-corrected chi connectivity index (χ3v) is 5.89. The fourth-order valence-corrected chi connectivity index (χ4v) is 4.62. The molecule has 130 valence electrons. The Bertz CT molecular complexity index is 544. The van der Waals surface area contributed by atoms with Gasteiger partial charge in [0.05, 0.1) is 0 Å². The van der Waals surface area contributed by atoms with Gasteiger partial charge in [0.1, 0.15) is 0 Å². The predicted octanol–water partition coefficient (Wildman–Crippen LogP) is 1.65. The lowest BCUT2D eigenvalue weighted by molar-refractivity contribution is -0.134. The highest BCUT2D eigenvalue weighted by Crippen LogP contribution is 2.33. The van der Waals surface area contributed by atoms with Crippen LogP contribution < -0.4 is 5.32 Å². The molecule has 3 aliphatic rings. The lowest BCUT2D eigenvalue weighted by atomic mass is 9.89. The van der Waals surface area contributed by atoms with Crippen LogP contribution in [0, 0.1) is 5.92 Å². The summed E-state index contributed by atoms with van der Waals surface area (Å²) in [5.74, 6) is 0.979. The third-order valence-electron chi connectivity index (χ3n) is 5.89. The molecule has 2 unspecified atom stereocenters. The summed E-state index contributed by atoms with van der Waals surface area (Å²) >= 11 is 0. The van der Waals surface area contributed by atoms with Crippen molar-refractivity contribution in [3.05, 3.63) is 30.1 Å². The molecule has 3 saturated heterocycles. The number of pyridine rings is 1. The molecule has 1 amide bonds. The summed E-state index contributed by atoms with van der Waals surface area (Å²) in [6.45, 7) is 4.62. The Morgan fingerprint density at radius 3 is 2.58 bits per heavy atom. The van der Waals surface area contributed by atoms with Gasteiger partial charge in [-0.25, -0.2) is 0 Å². The maximum atomic E-state index is 12.6. The van der Waals surface area contributed by atoms with Crippen LogP contribution in [0.5, 0.6) is 0 Å². The number of carbonyl (C=O) groups excluding carboxylic acids is 1. The zero-order valence-corrected chi connectivity index (χ0v) is 14.4. The van der Waals surface area contributed by atoms with Gasteiger partial charge in [0.25, 0.3) is 0 Å². The van der Waals surface area contributed by atoms with Crippen LogP contribution in [0.4, 0.5) is 0 Å². The van der Waals surface area contributed by atoms with E-state index in [1.807, 2.05) is 18.5 Å². The highest BCUT2D eigenvalue weighted by atomic mass is 16.2. The van der Waals surface area contributed by atoms with E-state index < -0.39 is 0 Å². The Balaban J connectivity index is 1.23. The monoisotopic (exact) mass is 328 g/mol. The summed E-state index contributed by atoms with van der Waals surface area (Å²) < 4.78 is 0. The molecule has 2 bridgehead atoms.